The fourth-order valence-corrected chi connectivity index (χ4v) is 3.45. The van der Waals surface area contributed by atoms with Crippen molar-refractivity contribution in [2.45, 2.75) is 63.8 Å². The minimum absolute atomic E-state index is 0.0156. The molecule has 0 saturated heterocycles. The van der Waals surface area contributed by atoms with Crippen LogP contribution in [0.5, 0.6) is 5.75 Å². The normalized spacial score (nSPS) is 12.7. The number of aliphatic imine (C=N–C) groups is 1. The lowest BCUT2D eigenvalue weighted by molar-refractivity contribution is 0.444. The SMILES string of the molecule is CSc1ccccc1CN=Cc1cc(C(C)(C)C)cc(C(C)(C)C)c1O. The van der Waals surface area contributed by atoms with Gasteiger partial charge in [0.2, 0.25) is 0 Å². The molecule has 0 spiro atoms. The summed E-state index contributed by atoms with van der Waals surface area (Å²) in [5.74, 6) is 0.340. The van der Waals surface area contributed by atoms with E-state index in [1.807, 2.05) is 18.3 Å². The molecule has 0 bridgehead atoms. The molecule has 2 aromatic rings. The Labute approximate surface area is 162 Å². The average Bonchev–Trinajstić information content (AvgIpc) is 2.54. The van der Waals surface area contributed by atoms with Crippen LogP contribution in [0.4, 0.5) is 0 Å². The minimum Gasteiger partial charge on any atom is -0.507 e. The molecule has 0 fully saturated rings. The molecule has 2 aromatic carbocycles. The minimum atomic E-state index is -0.126. The summed E-state index contributed by atoms with van der Waals surface area (Å²) in [6.07, 6.45) is 3.90. The van der Waals surface area contributed by atoms with Gasteiger partial charge in [0.25, 0.3) is 0 Å². The van der Waals surface area contributed by atoms with Crippen LogP contribution in [0.2, 0.25) is 0 Å². The lowest BCUT2D eigenvalue weighted by Gasteiger charge is -2.27. The van der Waals surface area contributed by atoms with Crippen molar-refractivity contribution in [1.29, 1.82) is 0 Å². The second kappa shape index (κ2) is 7.87. The van der Waals surface area contributed by atoms with Crippen molar-refractivity contribution in [2.75, 3.05) is 6.26 Å². The molecule has 140 valence electrons. The highest BCUT2D eigenvalue weighted by Crippen LogP contribution is 2.37. The summed E-state index contributed by atoms with van der Waals surface area (Å²) >= 11 is 1.73. The van der Waals surface area contributed by atoms with Gasteiger partial charge in [0.1, 0.15) is 5.75 Å². The van der Waals surface area contributed by atoms with Crippen molar-refractivity contribution in [3.8, 4) is 5.75 Å². The van der Waals surface area contributed by atoms with Crippen molar-refractivity contribution in [1.82, 2.24) is 0 Å². The van der Waals surface area contributed by atoms with Crippen LogP contribution in [0.3, 0.4) is 0 Å². The predicted octanol–water partition coefficient (Wildman–Crippen LogP) is 6.33. The third kappa shape index (κ3) is 4.91. The number of hydrogen-bond donors (Lipinski definition) is 1. The summed E-state index contributed by atoms with van der Waals surface area (Å²) in [7, 11) is 0. The topological polar surface area (TPSA) is 32.6 Å². The lowest BCUT2D eigenvalue weighted by Crippen LogP contribution is -2.17. The Morgan fingerprint density at radius 3 is 2.23 bits per heavy atom. The van der Waals surface area contributed by atoms with Gasteiger partial charge in [0.15, 0.2) is 0 Å². The first-order valence-electron chi connectivity index (χ1n) is 9.03. The van der Waals surface area contributed by atoms with Gasteiger partial charge in [0.05, 0.1) is 6.54 Å². The van der Waals surface area contributed by atoms with Gasteiger partial charge in [-0.15, -0.1) is 11.8 Å². The van der Waals surface area contributed by atoms with Crippen LogP contribution in [-0.4, -0.2) is 17.6 Å². The number of benzene rings is 2. The van der Waals surface area contributed by atoms with E-state index in [4.69, 9.17) is 0 Å². The van der Waals surface area contributed by atoms with Crippen molar-refractivity contribution >= 4 is 18.0 Å². The largest absolute Gasteiger partial charge is 0.507 e. The van der Waals surface area contributed by atoms with Crippen LogP contribution < -0.4 is 0 Å². The highest BCUT2D eigenvalue weighted by atomic mass is 32.2. The van der Waals surface area contributed by atoms with Crippen molar-refractivity contribution in [3.63, 3.8) is 0 Å². The van der Waals surface area contributed by atoms with Gasteiger partial charge >= 0.3 is 0 Å². The molecule has 0 saturated carbocycles. The number of rotatable bonds is 4. The first-order chi connectivity index (χ1) is 12.0. The predicted molar refractivity (Wildman–Crippen MR) is 115 cm³/mol. The maximum atomic E-state index is 10.8. The Bertz CT molecular complexity index is 795. The molecular weight excluding hydrogens is 338 g/mol. The molecule has 3 heteroatoms. The van der Waals surface area contributed by atoms with Crippen molar-refractivity contribution in [3.05, 3.63) is 58.7 Å². The van der Waals surface area contributed by atoms with E-state index >= 15 is 0 Å². The molecule has 1 N–H and O–H groups in total. The highest BCUT2D eigenvalue weighted by Gasteiger charge is 2.24. The van der Waals surface area contributed by atoms with Gasteiger partial charge in [-0.25, -0.2) is 0 Å². The van der Waals surface area contributed by atoms with Crippen LogP contribution >= 0.6 is 11.8 Å². The number of phenols is 1. The van der Waals surface area contributed by atoms with E-state index in [1.165, 1.54) is 16.0 Å². The summed E-state index contributed by atoms with van der Waals surface area (Å²) in [4.78, 5) is 5.87. The highest BCUT2D eigenvalue weighted by molar-refractivity contribution is 7.98. The molecule has 2 nitrogen and oxygen atoms in total. The Hall–Kier alpha value is -1.74. The summed E-state index contributed by atoms with van der Waals surface area (Å²) in [5, 5.41) is 10.8. The molecule has 0 aliphatic heterocycles. The smallest absolute Gasteiger partial charge is 0.128 e. The van der Waals surface area contributed by atoms with Crippen molar-refractivity contribution in [2.24, 2.45) is 4.99 Å². The van der Waals surface area contributed by atoms with Gasteiger partial charge in [-0.2, -0.15) is 0 Å². The summed E-state index contributed by atoms with van der Waals surface area (Å²) in [5.41, 5.74) is 4.08. The zero-order chi connectivity index (χ0) is 19.5. The fraction of sp³-hybridized carbons (Fsp3) is 0.435. The number of hydrogen-bond acceptors (Lipinski definition) is 3. The second-order valence-corrected chi connectivity index (χ2v) is 9.59. The third-order valence-electron chi connectivity index (χ3n) is 4.50. The third-order valence-corrected chi connectivity index (χ3v) is 5.34. The van der Waals surface area contributed by atoms with Gasteiger partial charge in [-0.1, -0.05) is 65.8 Å². The van der Waals surface area contributed by atoms with Crippen LogP contribution in [0.15, 0.2) is 46.3 Å². The van der Waals surface area contributed by atoms with Crippen LogP contribution in [0.1, 0.15) is 63.8 Å². The lowest BCUT2D eigenvalue weighted by atomic mass is 9.79. The van der Waals surface area contributed by atoms with Crippen molar-refractivity contribution < 1.29 is 5.11 Å². The molecule has 2 rings (SSSR count). The maximum absolute atomic E-state index is 10.8. The maximum Gasteiger partial charge on any atom is 0.128 e. The van der Waals surface area contributed by atoms with Crippen LogP contribution in [-0.2, 0) is 17.4 Å². The van der Waals surface area contributed by atoms with Crippen LogP contribution in [0, 0.1) is 0 Å². The van der Waals surface area contributed by atoms with E-state index in [9.17, 15) is 5.11 Å². The quantitative estimate of drug-likeness (QED) is 0.504. The summed E-state index contributed by atoms with van der Waals surface area (Å²) < 4.78 is 0. The Morgan fingerprint density at radius 1 is 1.00 bits per heavy atom. The molecule has 0 aliphatic rings. The number of nitrogens with zero attached hydrogens (tertiary/aromatic N) is 1. The molecule has 26 heavy (non-hydrogen) atoms. The Kier molecular flexibility index (Phi) is 6.23. The molecule has 0 radical (unpaired) electrons. The molecule has 0 atom stereocenters. The molecule has 0 unspecified atom stereocenters. The van der Waals surface area contributed by atoms with Crippen LogP contribution in [0.25, 0.3) is 0 Å². The molecule has 0 aliphatic carbocycles. The molecule has 0 aromatic heterocycles. The first kappa shape index (κ1) is 20.6. The zero-order valence-corrected chi connectivity index (χ0v) is 17.9. The second-order valence-electron chi connectivity index (χ2n) is 8.74. The van der Waals surface area contributed by atoms with Gasteiger partial charge in [-0.05, 0) is 40.3 Å². The Morgan fingerprint density at radius 2 is 1.65 bits per heavy atom. The molecular formula is C23H31NOS. The number of phenolic OH excluding ortho intramolecular Hbond substituents is 1. The standard InChI is InChI=1S/C23H31NOS/c1-22(2,3)18-12-17(21(25)19(13-18)23(4,5)6)15-24-14-16-10-8-9-11-20(16)26-7/h8-13,15,25H,14H2,1-7H3. The van der Waals surface area contributed by atoms with Gasteiger partial charge < -0.3 is 5.11 Å². The summed E-state index contributed by atoms with van der Waals surface area (Å²) in [6, 6.07) is 12.5. The van der Waals surface area contributed by atoms with E-state index < -0.39 is 0 Å². The van der Waals surface area contributed by atoms with E-state index in [2.05, 4.69) is 77.1 Å². The van der Waals surface area contributed by atoms with E-state index in [0.717, 1.165) is 11.1 Å². The first-order valence-corrected chi connectivity index (χ1v) is 10.3. The van der Waals surface area contributed by atoms with E-state index in [0.29, 0.717) is 12.3 Å². The fourth-order valence-electron chi connectivity index (χ4n) is 2.84. The molecule has 0 amide bonds. The van der Waals surface area contributed by atoms with E-state index in [1.54, 1.807) is 11.8 Å². The van der Waals surface area contributed by atoms with Gasteiger partial charge in [0, 0.05) is 22.2 Å². The van der Waals surface area contributed by atoms with E-state index in [-0.39, 0.29) is 10.8 Å². The number of aromatic hydroxyl groups is 1. The van der Waals surface area contributed by atoms with Gasteiger partial charge in [-0.3, -0.25) is 4.99 Å². The summed E-state index contributed by atoms with van der Waals surface area (Å²) in [6.45, 7) is 13.6. The average molecular weight is 370 g/mol. The molecule has 0 heterocycles. The zero-order valence-electron chi connectivity index (χ0n) is 17.1. The Balaban J connectivity index is 2.42. The number of thioether (sulfide) groups is 1. The monoisotopic (exact) mass is 369 g/mol.